The van der Waals surface area contributed by atoms with Crippen LogP contribution in [-0.4, -0.2) is 39.0 Å². The molecule has 1 aliphatic heterocycles. The van der Waals surface area contributed by atoms with Crippen molar-refractivity contribution in [2.45, 2.75) is 24.3 Å². The largest absolute Gasteiger partial charge is 0.495 e. The van der Waals surface area contributed by atoms with Gasteiger partial charge < -0.3 is 13.9 Å². The van der Waals surface area contributed by atoms with Crippen LogP contribution in [0.25, 0.3) is 0 Å². The van der Waals surface area contributed by atoms with Crippen LogP contribution in [0.15, 0.2) is 50.5 Å². The summed E-state index contributed by atoms with van der Waals surface area (Å²) >= 11 is 0. The minimum Gasteiger partial charge on any atom is -0.495 e. The summed E-state index contributed by atoms with van der Waals surface area (Å²) in [5.74, 6) is 1.14. The van der Waals surface area contributed by atoms with Crippen LogP contribution < -0.4 is 15.1 Å². The molecule has 0 N–H and O–H groups in total. The molecule has 1 aromatic heterocycles. The van der Waals surface area contributed by atoms with E-state index in [4.69, 9.17) is 13.9 Å². The fourth-order valence-electron chi connectivity index (χ4n) is 2.82. The third-order valence-corrected chi connectivity index (χ3v) is 5.87. The van der Waals surface area contributed by atoms with Crippen molar-refractivity contribution in [3.05, 3.63) is 52.6 Å². The minimum atomic E-state index is -3.67. The Bertz CT molecular complexity index is 921. The number of methoxy groups -OCH3 is 1. The maximum atomic E-state index is 12.8. The van der Waals surface area contributed by atoms with E-state index in [1.165, 1.54) is 23.5 Å². The molecule has 0 bridgehead atoms. The molecule has 0 spiro atoms. The maximum absolute atomic E-state index is 12.8. The number of nitrogens with zero attached hydrogens (tertiary/aromatic N) is 1. The average molecular weight is 365 g/mol. The second-order valence-electron chi connectivity index (χ2n) is 5.77. The summed E-state index contributed by atoms with van der Waals surface area (Å²) in [4.78, 5) is 11.5. The monoisotopic (exact) mass is 365 g/mol. The van der Waals surface area contributed by atoms with Gasteiger partial charge in [-0.15, -0.1) is 0 Å². The molecule has 0 amide bonds. The summed E-state index contributed by atoms with van der Waals surface area (Å²) in [5, 5.41) is 0. The van der Waals surface area contributed by atoms with Crippen molar-refractivity contribution in [2.75, 3.05) is 20.2 Å². The van der Waals surface area contributed by atoms with Crippen LogP contribution in [0.5, 0.6) is 11.5 Å². The van der Waals surface area contributed by atoms with Crippen LogP contribution in [0.4, 0.5) is 0 Å². The fourth-order valence-corrected chi connectivity index (χ4v) is 4.46. The summed E-state index contributed by atoms with van der Waals surface area (Å²) < 4.78 is 42.9. The highest BCUT2D eigenvalue weighted by Crippen LogP contribution is 2.29. The molecule has 0 radical (unpaired) electrons. The molecular weight excluding hydrogens is 346 g/mol. The van der Waals surface area contributed by atoms with E-state index in [2.05, 4.69) is 0 Å². The van der Waals surface area contributed by atoms with Crippen molar-refractivity contribution in [3.63, 3.8) is 0 Å². The first-order valence-corrected chi connectivity index (χ1v) is 9.26. The molecule has 1 unspecified atom stereocenters. The summed E-state index contributed by atoms with van der Waals surface area (Å²) in [6, 6.07) is 9.38. The van der Waals surface area contributed by atoms with Crippen molar-refractivity contribution >= 4 is 10.0 Å². The Balaban J connectivity index is 1.77. The first kappa shape index (κ1) is 17.5. The Kier molecular flexibility index (Phi) is 4.82. The molecule has 1 aliphatic rings. The predicted molar refractivity (Wildman–Crippen MR) is 90.5 cm³/mol. The van der Waals surface area contributed by atoms with Crippen molar-refractivity contribution in [2.24, 2.45) is 0 Å². The van der Waals surface area contributed by atoms with E-state index < -0.39 is 15.6 Å². The van der Waals surface area contributed by atoms with E-state index in [-0.39, 0.29) is 17.5 Å². The van der Waals surface area contributed by atoms with Gasteiger partial charge in [-0.1, -0.05) is 12.1 Å². The number of aryl methyl sites for hydroxylation is 1. The highest BCUT2D eigenvalue weighted by atomic mass is 32.2. The Labute approximate surface area is 145 Å². The quantitative estimate of drug-likeness (QED) is 0.803. The molecule has 134 valence electrons. The second-order valence-corrected chi connectivity index (χ2v) is 7.67. The van der Waals surface area contributed by atoms with Crippen LogP contribution in [-0.2, 0) is 10.0 Å². The van der Waals surface area contributed by atoms with Gasteiger partial charge in [0.15, 0.2) is 0 Å². The first-order valence-electron chi connectivity index (χ1n) is 7.82. The molecule has 2 aromatic rings. The van der Waals surface area contributed by atoms with Crippen molar-refractivity contribution in [1.29, 1.82) is 0 Å². The highest BCUT2D eigenvalue weighted by molar-refractivity contribution is 7.89. The zero-order valence-electron chi connectivity index (χ0n) is 14.0. The van der Waals surface area contributed by atoms with Crippen molar-refractivity contribution in [1.82, 2.24) is 4.31 Å². The normalized spacial score (nSPS) is 18.2. The van der Waals surface area contributed by atoms with Crippen LogP contribution in [0, 0.1) is 6.92 Å². The molecule has 1 atom stereocenters. The smallest absolute Gasteiger partial charge is 0.339 e. The van der Waals surface area contributed by atoms with Crippen LogP contribution >= 0.6 is 0 Å². The fraction of sp³-hybridized carbons (Fsp3) is 0.353. The summed E-state index contributed by atoms with van der Waals surface area (Å²) in [6.45, 7) is 2.20. The van der Waals surface area contributed by atoms with Gasteiger partial charge in [0, 0.05) is 12.6 Å². The SMILES string of the molecule is COc1ccccc1S(=O)(=O)N1CCC(Oc2cc(C)oc(=O)c2)C1. The van der Waals surface area contributed by atoms with E-state index >= 15 is 0 Å². The topological polar surface area (TPSA) is 86.1 Å². The van der Waals surface area contributed by atoms with E-state index in [0.29, 0.717) is 30.2 Å². The standard InChI is InChI=1S/C17H19NO6S/c1-12-9-14(10-17(19)23-12)24-13-7-8-18(11-13)25(20,21)16-6-4-3-5-15(16)22-2/h3-6,9-10,13H,7-8,11H2,1-2H3. The van der Waals surface area contributed by atoms with E-state index in [1.807, 2.05) is 0 Å². The molecule has 1 saturated heterocycles. The Morgan fingerprint density at radius 3 is 2.72 bits per heavy atom. The van der Waals surface area contributed by atoms with Gasteiger partial charge in [-0.2, -0.15) is 4.31 Å². The summed E-state index contributed by atoms with van der Waals surface area (Å²) in [5.41, 5.74) is -0.494. The van der Waals surface area contributed by atoms with Crippen LogP contribution in [0.3, 0.4) is 0 Å². The number of rotatable bonds is 5. The summed E-state index contributed by atoms with van der Waals surface area (Å²) in [6.07, 6.45) is 0.207. The van der Waals surface area contributed by atoms with Crippen molar-refractivity contribution < 1.29 is 22.3 Å². The number of hydrogen-bond acceptors (Lipinski definition) is 6. The zero-order chi connectivity index (χ0) is 18.0. The third kappa shape index (κ3) is 3.69. The van der Waals surface area contributed by atoms with E-state index in [0.717, 1.165) is 0 Å². The Morgan fingerprint density at radius 1 is 1.24 bits per heavy atom. The highest BCUT2D eigenvalue weighted by Gasteiger charge is 2.35. The van der Waals surface area contributed by atoms with Gasteiger partial charge in [0.2, 0.25) is 10.0 Å². The van der Waals surface area contributed by atoms with Gasteiger partial charge in [-0.3, -0.25) is 0 Å². The number of ether oxygens (including phenoxy) is 2. The lowest BCUT2D eigenvalue weighted by molar-refractivity contribution is 0.213. The lowest BCUT2D eigenvalue weighted by Gasteiger charge is -2.18. The zero-order valence-corrected chi connectivity index (χ0v) is 14.8. The van der Waals surface area contributed by atoms with Crippen LogP contribution in [0.2, 0.25) is 0 Å². The number of benzene rings is 1. The lowest BCUT2D eigenvalue weighted by Crippen LogP contribution is -2.31. The molecule has 8 heteroatoms. The van der Waals surface area contributed by atoms with Crippen LogP contribution in [0.1, 0.15) is 12.2 Å². The predicted octanol–water partition coefficient (Wildman–Crippen LogP) is 1.80. The average Bonchev–Trinajstić information content (AvgIpc) is 3.03. The molecule has 2 heterocycles. The van der Waals surface area contributed by atoms with Gasteiger partial charge in [-0.05, 0) is 25.5 Å². The Morgan fingerprint density at radius 2 is 2.00 bits per heavy atom. The van der Waals surface area contributed by atoms with Gasteiger partial charge >= 0.3 is 5.63 Å². The molecule has 1 aromatic carbocycles. The van der Waals surface area contributed by atoms with Gasteiger partial charge in [-0.25, -0.2) is 13.2 Å². The van der Waals surface area contributed by atoms with Gasteiger partial charge in [0.25, 0.3) is 0 Å². The minimum absolute atomic E-state index is 0.134. The lowest BCUT2D eigenvalue weighted by atomic mass is 10.3. The number of sulfonamides is 1. The van der Waals surface area contributed by atoms with Gasteiger partial charge in [0.1, 0.15) is 28.3 Å². The molecule has 3 rings (SSSR count). The summed E-state index contributed by atoms with van der Waals surface area (Å²) in [7, 11) is -2.24. The van der Waals surface area contributed by atoms with E-state index in [1.54, 1.807) is 31.2 Å². The van der Waals surface area contributed by atoms with Crippen molar-refractivity contribution in [3.8, 4) is 11.5 Å². The maximum Gasteiger partial charge on any atom is 0.339 e. The van der Waals surface area contributed by atoms with E-state index in [9.17, 15) is 13.2 Å². The number of hydrogen-bond donors (Lipinski definition) is 0. The molecule has 25 heavy (non-hydrogen) atoms. The third-order valence-electron chi connectivity index (χ3n) is 3.96. The van der Waals surface area contributed by atoms with Gasteiger partial charge in [0.05, 0.1) is 19.7 Å². The molecular formula is C17H19NO6S. The molecule has 0 aliphatic carbocycles. The molecule has 0 saturated carbocycles. The second kappa shape index (κ2) is 6.89. The Hall–Kier alpha value is -2.32. The molecule has 7 nitrogen and oxygen atoms in total. The first-order chi connectivity index (χ1) is 11.9. The number of para-hydroxylation sites is 1. The molecule has 1 fully saturated rings.